The number of nitrogens with zero attached hydrogens (tertiary/aromatic N) is 2. The zero-order valence-electron chi connectivity index (χ0n) is 22.1. The van der Waals surface area contributed by atoms with Gasteiger partial charge in [0.2, 0.25) is 11.8 Å². The monoisotopic (exact) mass is 688 g/mol. The lowest BCUT2D eigenvalue weighted by molar-refractivity contribution is -0.121. The highest BCUT2D eigenvalue weighted by Gasteiger charge is 2.43. The van der Waals surface area contributed by atoms with Gasteiger partial charge in [-0.15, -0.1) is 0 Å². The predicted octanol–water partition coefficient (Wildman–Crippen LogP) is -2.26. The molecule has 0 saturated carbocycles. The predicted molar refractivity (Wildman–Crippen MR) is 143 cm³/mol. The molecule has 1 aliphatic rings. The van der Waals surface area contributed by atoms with Gasteiger partial charge in [-0.2, -0.15) is 8.62 Å². The van der Waals surface area contributed by atoms with Gasteiger partial charge in [0.1, 0.15) is 12.3 Å². The number of hydrogen-bond acceptors (Lipinski definition) is 13. The minimum absolute atomic E-state index is 0.0589. The summed E-state index contributed by atoms with van der Waals surface area (Å²) in [6, 6.07) is 0. The molecule has 2 unspecified atom stereocenters. The summed E-state index contributed by atoms with van der Waals surface area (Å²) >= 11 is 0. The van der Waals surface area contributed by atoms with Gasteiger partial charge in [0.25, 0.3) is 5.56 Å². The molecule has 1 fully saturated rings. The second-order valence-electron chi connectivity index (χ2n) is 8.80. The first kappa shape index (κ1) is 35.4. The topological polar surface area (TPSA) is 331 Å². The summed E-state index contributed by atoms with van der Waals surface area (Å²) in [5, 5.41) is 15.3. The summed E-state index contributed by atoms with van der Waals surface area (Å²) < 4.78 is 52.0. The van der Waals surface area contributed by atoms with Gasteiger partial charge in [0.15, 0.2) is 0 Å². The molecule has 0 radical (unpaired) electrons. The number of carbonyl (C=O) groups excluding carboxylic acids is 2. The average Bonchev–Trinajstić information content (AvgIpc) is 3.52. The largest absolute Gasteiger partial charge is 0.490 e. The van der Waals surface area contributed by atoms with Crippen LogP contribution in [0.3, 0.4) is 0 Å². The van der Waals surface area contributed by atoms with E-state index in [-0.39, 0.29) is 37.4 Å². The fraction of sp³-hybridized carbons (Fsp3) is 0.421. The van der Waals surface area contributed by atoms with Gasteiger partial charge in [-0.05, 0) is 6.08 Å². The van der Waals surface area contributed by atoms with Crippen molar-refractivity contribution in [1.82, 2.24) is 30.2 Å². The zero-order valence-corrected chi connectivity index (χ0v) is 24.8. The Balaban J connectivity index is 1.54. The quantitative estimate of drug-likeness (QED) is 0.0541. The van der Waals surface area contributed by atoms with E-state index in [2.05, 4.69) is 33.7 Å². The van der Waals surface area contributed by atoms with Crippen LogP contribution in [0.1, 0.15) is 23.9 Å². The Morgan fingerprint density at radius 2 is 1.82 bits per heavy atom. The fourth-order valence-corrected chi connectivity index (χ4v) is 6.60. The van der Waals surface area contributed by atoms with Gasteiger partial charge in [-0.1, -0.05) is 0 Å². The van der Waals surface area contributed by atoms with E-state index < -0.39 is 65.7 Å². The Labute approximate surface area is 245 Å². The van der Waals surface area contributed by atoms with E-state index in [1.54, 1.807) is 0 Å². The Morgan fingerprint density at radius 1 is 1.11 bits per heavy atom. The number of aromatic amines is 2. The normalized spacial score (nSPS) is 21.5. The van der Waals surface area contributed by atoms with Crippen molar-refractivity contribution < 1.29 is 65.8 Å². The highest BCUT2D eigenvalue weighted by molar-refractivity contribution is 7.66. The molecule has 3 heterocycles. The third-order valence-corrected chi connectivity index (χ3v) is 9.20. The van der Waals surface area contributed by atoms with Crippen molar-refractivity contribution in [2.75, 3.05) is 19.7 Å². The van der Waals surface area contributed by atoms with Crippen molar-refractivity contribution in [3.05, 3.63) is 56.9 Å². The molecule has 9 N–H and O–H groups in total. The molecule has 0 aliphatic carbocycles. The molecule has 2 aromatic rings. The molecule has 1 saturated heterocycles. The molecule has 2 aromatic heterocycles. The number of imidazole rings is 1. The number of carbonyl (C=O) groups is 2. The number of amides is 2. The third-order valence-electron chi connectivity index (χ3n) is 5.39. The number of phosphoric acid groups is 3. The van der Waals surface area contributed by atoms with Crippen LogP contribution in [-0.4, -0.2) is 87.9 Å². The number of nitrogens with one attached hydrogen (secondary N) is 4. The number of phosphoric ester groups is 1. The van der Waals surface area contributed by atoms with Crippen LogP contribution in [0.4, 0.5) is 0 Å². The number of hydrogen-bond donors (Lipinski definition) is 9. The number of aliphatic hydroxyl groups excluding tert-OH is 1. The number of rotatable bonds is 15. The lowest BCUT2D eigenvalue weighted by Crippen LogP contribution is -2.35. The van der Waals surface area contributed by atoms with Crippen molar-refractivity contribution >= 4 is 41.4 Å². The number of H-pyrrole nitrogens is 2. The van der Waals surface area contributed by atoms with Crippen molar-refractivity contribution in [1.29, 1.82) is 0 Å². The molecular formula is C19H27N6O16P3. The fourth-order valence-electron chi connectivity index (χ4n) is 3.57. The van der Waals surface area contributed by atoms with Crippen LogP contribution in [0.15, 0.2) is 34.4 Å². The molecule has 5 atom stereocenters. The minimum Gasteiger partial charge on any atom is -0.390 e. The molecule has 3 rings (SSSR count). The summed E-state index contributed by atoms with van der Waals surface area (Å²) in [6.07, 6.45) is 1.62. The smallest absolute Gasteiger partial charge is 0.390 e. The van der Waals surface area contributed by atoms with Crippen molar-refractivity contribution in [3.8, 4) is 0 Å². The highest BCUT2D eigenvalue weighted by Crippen LogP contribution is 2.66. The molecule has 2 amide bonds. The average molecular weight is 688 g/mol. The lowest BCUT2D eigenvalue weighted by atomic mass is 10.2. The van der Waals surface area contributed by atoms with E-state index in [9.17, 15) is 47.8 Å². The van der Waals surface area contributed by atoms with E-state index >= 15 is 0 Å². The summed E-state index contributed by atoms with van der Waals surface area (Å²) in [7, 11) is -16.9. The number of aliphatic hydroxyl groups is 1. The van der Waals surface area contributed by atoms with Crippen LogP contribution in [0.2, 0.25) is 0 Å². The van der Waals surface area contributed by atoms with E-state index in [1.165, 1.54) is 12.5 Å². The van der Waals surface area contributed by atoms with Crippen molar-refractivity contribution in [2.24, 2.45) is 0 Å². The van der Waals surface area contributed by atoms with E-state index in [0.717, 1.165) is 22.9 Å². The summed E-state index contributed by atoms with van der Waals surface area (Å²) in [5.41, 5.74) is -1.42. The van der Waals surface area contributed by atoms with Gasteiger partial charge in [0, 0.05) is 43.7 Å². The van der Waals surface area contributed by atoms with E-state index in [0.29, 0.717) is 5.69 Å². The van der Waals surface area contributed by atoms with Gasteiger partial charge < -0.3 is 45.0 Å². The van der Waals surface area contributed by atoms with Gasteiger partial charge in [-0.3, -0.25) is 28.5 Å². The molecule has 1 aliphatic heterocycles. The first-order valence-corrected chi connectivity index (χ1v) is 16.6. The standard InChI is InChI=1S/C19H27N6O16P3/c26-13-6-17(39-14(13)9-38-43(34,35)41-44(36,37)40-42(31,32)33)25-8-11(18(29)24-19(25)30)1-2-15(27)21-3-4-22-16(28)5-12-7-20-10-23-12/h1-2,7-8,10,13-14,17,26H,3-6,9H2,(H,20,23)(H,21,27)(H,22,28)(H,34,35)(H,36,37)(H,24,29,30)(H2,31,32,33)/b2-1+/t13-,14+,17+/m0/s1. The van der Waals surface area contributed by atoms with Crippen LogP contribution in [0, 0.1) is 0 Å². The minimum atomic E-state index is -5.76. The van der Waals surface area contributed by atoms with Gasteiger partial charge in [-0.25, -0.2) is 23.5 Å². The Hall–Kier alpha value is -3.10. The number of aromatic nitrogens is 4. The summed E-state index contributed by atoms with van der Waals surface area (Å²) in [6.45, 7) is -0.804. The van der Waals surface area contributed by atoms with Crippen LogP contribution >= 0.6 is 23.5 Å². The number of ether oxygens (including phenoxy) is 1. The molecule has 22 nitrogen and oxygen atoms in total. The lowest BCUT2D eigenvalue weighted by Gasteiger charge is -2.19. The Morgan fingerprint density at radius 3 is 2.48 bits per heavy atom. The maximum absolute atomic E-state index is 12.4. The first-order valence-electron chi connectivity index (χ1n) is 12.1. The SMILES string of the molecule is O=C(/C=C/c1cn([C@H]2C[C@H](O)[C@@H](COP(=O)(O)OP(=O)(O)OP(=O)(O)O)O2)c(=O)[nH]c1=O)NCCNC(=O)Cc1cnc[nH]1. The first-order chi connectivity index (χ1) is 20.4. The van der Waals surface area contributed by atoms with Gasteiger partial charge >= 0.3 is 29.2 Å². The zero-order chi connectivity index (χ0) is 32.7. The molecule has 0 aromatic carbocycles. The van der Waals surface area contributed by atoms with Crippen molar-refractivity contribution in [2.45, 2.75) is 31.3 Å². The van der Waals surface area contributed by atoms with Gasteiger partial charge in [0.05, 0.1) is 31.0 Å². The van der Waals surface area contributed by atoms with E-state index in [1.807, 2.05) is 4.98 Å². The molecule has 0 bridgehead atoms. The van der Waals surface area contributed by atoms with Crippen LogP contribution < -0.4 is 21.9 Å². The van der Waals surface area contributed by atoms with Crippen LogP contribution in [0.5, 0.6) is 0 Å². The second kappa shape index (κ2) is 14.8. The highest BCUT2D eigenvalue weighted by atomic mass is 31.3. The van der Waals surface area contributed by atoms with Crippen LogP contribution in [-0.2, 0) is 47.6 Å². The molecule has 44 heavy (non-hydrogen) atoms. The second-order valence-corrected chi connectivity index (χ2v) is 13.2. The third kappa shape index (κ3) is 11.4. The molecule has 244 valence electrons. The maximum atomic E-state index is 12.4. The Kier molecular flexibility index (Phi) is 11.9. The van der Waals surface area contributed by atoms with E-state index in [4.69, 9.17) is 14.5 Å². The van der Waals surface area contributed by atoms with Crippen molar-refractivity contribution in [3.63, 3.8) is 0 Å². The molecular weight excluding hydrogens is 661 g/mol. The molecule has 0 spiro atoms. The molecule has 25 heteroatoms. The maximum Gasteiger partial charge on any atom is 0.490 e. The summed E-state index contributed by atoms with van der Waals surface area (Å²) in [4.78, 5) is 93.0. The summed E-state index contributed by atoms with van der Waals surface area (Å²) in [5.74, 6) is -0.938. The van der Waals surface area contributed by atoms with Crippen LogP contribution in [0.25, 0.3) is 6.08 Å². The Bertz CT molecular complexity index is 1620.